The summed E-state index contributed by atoms with van der Waals surface area (Å²) in [6.07, 6.45) is 4.09. The zero-order chi connectivity index (χ0) is 15.4. The van der Waals surface area contributed by atoms with Crippen LogP contribution in [0.25, 0.3) is 0 Å². The molecule has 0 radical (unpaired) electrons. The third-order valence-corrected chi connectivity index (χ3v) is 2.85. The quantitative estimate of drug-likeness (QED) is 0.394. The van der Waals surface area contributed by atoms with Gasteiger partial charge in [-0.05, 0) is 52.6 Å². The van der Waals surface area contributed by atoms with E-state index >= 15 is 0 Å². The molecule has 0 aliphatic heterocycles. The van der Waals surface area contributed by atoms with Crippen molar-refractivity contribution in [2.45, 2.75) is 39.5 Å². The van der Waals surface area contributed by atoms with E-state index in [0.717, 1.165) is 91.6 Å². The van der Waals surface area contributed by atoms with Crippen molar-refractivity contribution in [2.75, 3.05) is 65.9 Å². The predicted molar refractivity (Wildman–Crippen MR) is 86.0 cm³/mol. The Hall–Kier alpha value is -0.200. The standard InChI is InChI=1S/C16H35NO4/c1-3-18-13-7-15-20-11-5-9-17-10-6-12-21-16-8-14-19-4-2/h17H,3-16H2,1-2H3. The fourth-order valence-corrected chi connectivity index (χ4v) is 1.74. The van der Waals surface area contributed by atoms with E-state index in [9.17, 15) is 0 Å². The van der Waals surface area contributed by atoms with E-state index in [1.807, 2.05) is 13.8 Å². The van der Waals surface area contributed by atoms with Crippen molar-refractivity contribution in [3.05, 3.63) is 0 Å². The second-order valence-corrected chi connectivity index (χ2v) is 4.78. The Kier molecular flexibility index (Phi) is 19.6. The van der Waals surface area contributed by atoms with E-state index in [1.54, 1.807) is 0 Å². The second kappa shape index (κ2) is 19.8. The van der Waals surface area contributed by atoms with Crippen LogP contribution >= 0.6 is 0 Å². The van der Waals surface area contributed by atoms with Crippen molar-refractivity contribution in [3.8, 4) is 0 Å². The van der Waals surface area contributed by atoms with E-state index in [0.29, 0.717) is 0 Å². The Morgan fingerprint density at radius 2 is 0.905 bits per heavy atom. The van der Waals surface area contributed by atoms with Gasteiger partial charge in [0, 0.05) is 52.9 Å². The zero-order valence-corrected chi connectivity index (χ0v) is 14.0. The molecule has 128 valence electrons. The van der Waals surface area contributed by atoms with E-state index in [4.69, 9.17) is 18.9 Å². The molecule has 0 heterocycles. The molecule has 0 aliphatic rings. The molecule has 0 fully saturated rings. The summed E-state index contributed by atoms with van der Waals surface area (Å²) in [7, 11) is 0. The third kappa shape index (κ3) is 19.8. The normalized spacial score (nSPS) is 11.1. The minimum absolute atomic E-state index is 0.792. The molecule has 0 aromatic rings. The highest BCUT2D eigenvalue weighted by atomic mass is 16.5. The van der Waals surface area contributed by atoms with Gasteiger partial charge in [0.1, 0.15) is 0 Å². The Morgan fingerprint density at radius 1 is 0.524 bits per heavy atom. The van der Waals surface area contributed by atoms with Crippen molar-refractivity contribution in [2.24, 2.45) is 0 Å². The van der Waals surface area contributed by atoms with E-state index in [2.05, 4.69) is 5.32 Å². The van der Waals surface area contributed by atoms with Gasteiger partial charge in [0.15, 0.2) is 0 Å². The summed E-state index contributed by atoms with van der Waals surface area (Å²) in [5.41, 5.74) is 0. The molecular weight excluding hydrogens is 270 g/mol. The maximum absolute atomic E-state index is 5.52. The molecule has 0 bridgehead atoms. The number of hydrogen-bond acceptors (Lipinski definition) is 5. The molecule has 0 amide bonds. The lowest BCUT2D eigenvalue weighted by molar-refractivity contribution is 0.0850. The van der Waals surface area contributed by atoms with Gasteiger partial charge in [-0.25, -0.2) is 0 Å². The maximum Gasteiger partial charge on any atom is 0.0487 e. The number of ether oxygens (including phenoxy) is 4. The van der Waals surface area contributed by atoms with Gasteiger partial charge < -0.3 is 24.3 Å². The lowest BCUT2D eigenvalue weighted by Crippen LogP contribution is -2.19. The van der Waals surface area contributed by atoms with Crippen LogP contribution < -0.4 is 5.32 Å². The number of rotatable bonds is 18. The summed E-state index contributed by atoms with van der Waals surface area (Å²) < 4.78 is 21.5. The maximum atomic E-state index is 5.52. The first-order valence-corrected chi connectivity index (χ1v) is 8.43. The van der Waals surface area contributed by atoms with Crippen LogP contribution in [0.5, 0.6) is 0 Å². The Balaban J connectivity index is 2.90. The predicted octanol–water partition coefficient (Wildman–Crippen LogP) is 2.24. The largest absolute Gasteiger partial charge is 0.382 e. The summed E-state index contributed by atoms with van der Waals surface area (Å²) in [6, 6.07) is 0. The third-order valence-electron chi connectivity index (χ3n) is 2.85. The molecule has 0 aromatic heterocycles. The van der Waals surface area contributed by atoms with Gasteiger partial charge in [-0.2, -0.15) is 0 Å². The van der Waals surface area contributed by atoms with Crippen molar-refractivity contribution in [1.29, 1.82) is 0 Å². The minimum atomic E-state index is 0.792. The number of nitrogens with one attached hydrogen (secondary N) is 1. The molecule has 0 saturated heterocycles. The molecule has 5 heteroatoms. The van der Waals surface area contributed by atoms with Crippen molar-refractivity contribution >= 4 is 0 Å². The van der Waals surface area contributed by atoms with E-state index in [-0.39, 0.29) is 0 Å². The molecule has 0 rings (SSSR count). The highest BCUT2D eigenvalue weighted by molar-refractivity contribution is 4.48. The van der Waals surface area contributed by atoms with Crippen molar-refractivity contribution in [1.82, 2.24) is 5.32 Å². The Morgan fingerprint density at radius 3 is 1.33 bits per heavy atom. The van der Waals surface area contributed by atoms with E-state index in [1.165, 1.54) is 0 Å². The molecule has 0 atom stereocenters. The lowest BCUT2D eigenvalue weighted by Gasteiger charge is -2.07. The zero-order valence-electron chi connectivity index (χ0n) is 14.0. The summed E-state index contributed by atoms with van der Waals surface area (Å²) >= 11 is 0. The first kappa shape index (κ1) is 20.8. The molecule has 1 N–H and O–H groups in total. The lowest BCUT2D eigenvalue weighted by atomic mass is 10.4. The highest BCUT2D eigenvalue weighted by Crippen LogP contribution is 1.89. The van der Waals surface area contributed by atoms with Crippen LogP contribution in [-0.2, 0) is 18.9 Å². The average molecular weight is 305 g/mol. The molecule has 5 nitrogen and oxygen atoms in total. The van der Waals surface area contributed by atoms with Gasteiger partial charge in [0.05, 0.1) is 0 Å². The smallest absolute Gasteiger partial charge is 0.0487 e. The number of hydrogen-bond donors (Lipinski definition) is 1. The summed E-state index contributed by atoms with van der Waals surface area (Å²) in [5, 5.41) is 3.40. The molecule has 0 aromatic carbocycles. The monoisotopic (exact) mass is 305 g/mol. The second-order valence-electron chi connectivity index (χ2n) is 4.78. The van der Waals surface area contributed by atoms with Gasteiger partial charge in [-0.3, -0.25) is 0 Å². The summed E-state index contributed by atoms with van der Waals surface area (Å²) in [4.78, 5) is 0. The summed E-state index contributed by atoms with van der Waals surface area (Å²) in [5.74, 6) is 0. The molecular formula is C16H35NO4. The van der Waals surface area contributed by atoms with Crippen LogP contribution in [0.1, 0.15) is 39.5 Å². The molecule has 0 unspecified atom stereocenters. The van der Waals surface area contributed by atoms with Crippen LogP contribution in [-0.4, -0.2) is 65.9 Å². The SMILES string of the molecule is CCOCCCOCCCNCCCOCCCOCC. The highest BCUT2D eigenvalue weighted by Gasteiger charge is 1.93. The average Bonchev–Trinajstić information content (AvgIpc) is 2.50. The topological polar surface area (TPSA) is 49.0 Å². The minimum Gasteiger partial charge on any atom is -0.382 e. The van der Waals surface area contributed by atoms with Crippen LogP contribution in [0.3, 0.4) is 0 Å². The first-order chi connectivity index (χ1) is 10.4. The van der Waals surface area contributed by atoms with Crippen LogP contribution in [0.4, 0.5) is 0 Å². The van der Waals surface area contributed by atoms with Crippen LogP contribution in [0.15, 0.2) is 0 Å². The van der Waals surface area contributed by atoms with Crippen molar-refractivity contribution < 1.29 is 18.9 Å². The van der Waals surface area contributed by atoms with Crippen LogP contribution in [0, 0.1) is 0 Å². The fourth-order valence-electron chi connectivity index (χ4n) is 1.74. The summed E-state index contributed by atoms with van der Waals surface area (Å²) in [6.45, 7) is 12.5. The molecule has 0 spiro atoms. The Labute approximate surface area is 130 Å². The molecule has 0 saturated carbocycles. The van der Waals surface area contributed by atoms with Crippen LogP contribution in [0.2, 0.25) is 0 Å². The Bertz CT molecular complexity index is 164. The molecule has 21 heavy (non-hydrogen) atoms. The van der Waals surface area contributed by atoms with Gasteiger partial charge >= 0.3 is 0 Å². The first-order valence-electron chi connectivity index (χ1n) is 8.43. The van der Waals surface area contributed by atoms with Crippen molar-refractivity contribution in [3.63, 3.8) is 0 Å². The molecule has 0 aliphatic carbocycles. The van der Waals surface area contributed by atoms with Gasteiger partial charge in [-0.15, -0.1) is 0 Å². The van der Waals surface area contributed by atoms with Gasteiger partial charge in [-0.1, -0.05) is 0 Å². The van der Waals surface area contributed by atoms with E-state index < -0.39 is 0 Å². The fraction of sp³-hybridized carbons (Fsp3) is 1.00. The van der Waals surface area contributed by atoms with Gasteiger partial charge in [0.2, 0.25) is 0 Å². The van der Waals surface area contributed by atoms with Gasteiger partial charge in [0.25, 0.3) is 0 Å².